The minimum Gasteiger partial charge on any atom is -0.422 e. The van der Waals surface area contributed by atoms with Crippen molar-refractivity contribution < 1.29 is 0 Å². The van der Waals surface area contributed by atoms with Crippen LogP contribution >= 0.6 is 0 Å². The van der Waals surface area contributed by atoms with E-state index < -0.39 is 5.54 Å². The second-order valence-electron chi connectivity index (χ2n) is 11.1. The predicted molar refractivity (Wildman–Crippen MR) is 170 cm³/mol. The number of nitrogens with zero attached hydrogens (tertiary/aromatic N) is 4. The van der Waals surface area contributed by atoms with Gasteiger partial charge in [0.15, 0.2) is 0 Å². The number of benzene rings is 5. The number of nitrogens with one attached hydrogen (secondary N) is 2. The molecule has 2 atom stereocenters. The Balaban J connectivity index is 1.17. The van der Waals surface area contributed by atoms with Crippen molar-refractivity contribution in [1.29, 1.82) is 0 Å². The minimum atomic E-state index is -0.713. The molecule has 2 N–H and O–H groups in total. The molecule has 6 heteroatoms. The molecule has 0 bridgehead atoms. The third kappa shape index (κ3) is 4.69. The van der Waals surface area contributed by atoms with E-state index in [-0.39, 0.29) is 6.04 Å². The predicted octanol–water partition coefficient (Wildman–Crippen LogP) is 6.94. The summed E-state index contributed by atoms with van der Waals surface area (Å²) < 4.78 is 0. The van der Waals surface area contributed by atoms with E-state index in [0.717, 1.165) is 36.2 Å². The van der Waals surface area contributed by atoms with Gasteiger partial charge in [-0.05, 0) is 59.5 Å². The van der Waals surface area contributed by atoms with Crippen LogP contribution in [0.3, 0.4) is 0 Å². The highest BCUT2D eigenvalue weighted by atomic mass is 15.9. The second-order valence-corrected chi connectivity index (χ2v) is 11.1. The molecule has 5 aromatic carbocycles. The van der Waals surface area contributed by atoms with Crippen LogP contribution in [0.1, 0.15) is 41.6 Å². The van der Waals surface area contributed by atoms with Crippen LogP contribution in [0.4, 0.5) is 0 Å². The topological polar surface area (TPSA) is 57.0 Å². The molecule has 1 saturated heterocycles. The van der Waals surface area contributed by atoms with Crippen LogP contribution in [0, 0.1) is 0 Å². The molecule has 2 heterocycles. The number of hydrogen-bond donors (Lipinski definition) is 2. The zero-order valence-electron chi connectivity index (χ0n) is 23.8. The molecule has 5 aromatic rings. The first-order valence-electron chi connectivity index (χ1n) is 14.7. The number of rotatable bonds is 7. The maximum absolute atomic E-state index is 5.15. The molecule has 0 aliphatic carbocycles. The van der Waals surface area contributed by atoms with Gasteiger partial charge in [-0.1, -0.05) is 133 Å². The van der Waals surface area contributed by atoms with E-state index in [2.05, 4.69) is 156 Å². The number of guanidine groups is 1. The molecule has 2 aliphatic rings. The van der Waals surface area contributed by atoms with E-state index >= 15 is 0 Å². The molecule has 6 nitrogen and oxygen atoms in total. The van der Waals surface area contributed by atoms with Gasteiger partial charge in [0.2, 0.25) is 0 Å². The van der Waals surface area contributed by atoms with E-state index in [1.165, 1.54) is 16.3 Å². The molecule has 2 aliphatic heterocycles. The van der Waals surface area contributed by atoms with Gasteiger partial charge in [0.05, 0.1) is 0 Å². The highest BCUT2D eigenvalue weighted by Gasteiger charge is 2.42. The maximum atomic E-state index is 5.15. The molecular formula is C36H35N6-. The van der Waals surface area contributed by atoms with Crippen molar-refractivity contribution in [2.24, 2.45) is 5.10 Å². The third-order valence-electron chi connectivity index (χ3n) is 8.57. The highest BCUT2D eigenvalue weighted by Crippen LogP contribution is 2.43. The van der Waals surface area contributed by atoms with Gasteiger partial charge in [-0.2, -0.15) is 5.53 Å². The maximum Gasteiger partial charge on any atom is 0.137 e. The van der Waals surface area contributed by atoms with Crippen LogP contribution < -0.4 is 10.9 Å². The van der Waals surface area contributed by atoms with Gasteiger partial charge in [-0.25, -0.2) is 0 Å². The van der Waals surface area contributed by atoms with Gasteiger partial charge < -0.3 is 15.6 Å². The van der Waals surface area contributed by atoms with E-state index in [1.807, 2.05) is 5.12 Å². The lowest BCUT2D eigenvalue weighted by Gasteiger charge is -2.44. The summed E-state index contributed by atoms with van der Waals surface area (Å²) in [5.41, 5.74) is 12.0. The lowest BCUT2D eigenvalue weighted by atomic mass is 9.77. The Labute approximate surface area is 247 Å². The largest absolute Gasteiger partial charge is 0.422 e. The average molecular weight is 552 g/mol. The Morgan fingerprint density at radius 1 is 0.762 bits per heavy atom. The number of hydrazine groups is 1. The fourth-order valence-electron chi connectivity index (χ4n) is 6.56. The quantitative estimate of drug-likeness (QED) is 0.215. The monoisotopic (exact) mass is 551 g/mol. The Morgan fingerprint density at radius 2 is 1.33 bits per heavy atom. The van der Waals surface area contributed by atoms with E-state index in [0.29, 0.717) is 12.0 Å². The summed E-state index contributed by atoms with van der Waals surface area (Å²) >= 11 is 0. The average Bonchev–Trinajstić information content (AvgIpc) is 3.73. The van der Waals surface area contributed by atoms with Gasteiger partial charge in [-0.3, -0.25) is 10.2 Å². The molecule has 0 unspecified atom stereocenters. The smallest absolute Gasteiger partial charge is 0.137 e. The second kappa shape index (κ2) is 11.3. The molecule has 0 spiro atoms. The number of fused-ring (bicyclic) bond motifs is 1. The minimum absolute atomic E-state index is 0.236. The number of hydrazone groups is 1. The molecular weight excluding hydrogens is 516 g/mol. The van der Waals surface area contributed by atoms with E-state index in [9.17, 15) is 0 Å². The summed E-state index contributed by atoms with van der Waals surface area (Å²) in [6.07, 6.45) is 1.03. The van der Waals surface area contributed by atoms with Crippen LogP contribution in [0.15, 0.2) is 139 Å². The van der Waals surface area contributed by atoms with Gasteiger partial charge in [-0.15, -0.1) is 0 Å². The molecule has 42 heavy (non-hydrogen) atoms. The number of likely N-dealkylation sites (tertiary alicyclic amines) is 1. The van der Waals surface area contributed by atoms with Gasteiger partial charge >= 0.3 is 0 Å². The van der Waals surface area contributed by atoms with Crippen molar-refractivity contribution >= 4 is 16.7 Å². The standard InChI is InChI=1S/C36H35N6/c1-27(33-23-13-15-28-14-11-12-22-34(28)33)37-32-24-25-41(26-32)35-38-40-42(39-35)36(29-16-5-2-6-17-29,30-18-7-3-8-19-30)31-20-9-4-10-21-31/h2-23,27,32,37,40H,24-26H2,1H3/q-1/t27-,32+/m1/s1. The molecule has 7 rings (SSSR count). The summed E-state index contributed by atoms with van der Waals surface area (Å²) in [5, 5.41) is 13.6. The molecule has 0 amide bonds. The van der Waals surface area contributed by atoms with Crippen LogP contribution in [-0.2, 0) is 5.54 Å². The van der Waals surface area contributed by atoms with E-state index in [1.54, 1.807) is 0 Å². The van der Waals surface area contributed by atoms with Crippen molar-refractivity contribution in [2.45, 2.75) is 31.0 Å². The Kier molecular flexibility index (Phi) is 7.08. The van der Waals surface area contributed by atoms with E-state index in [4.69, 9.17) is 10.5 Å². The lowest BCUT2D eigenvalue weighted by molar-refractivity contribution is 0.126. The fraction of sp³-hybridized carbons (Fsp3) is 0.194. The van der Waals surface area contributed by atoms with Crippen molar-refractivity contribution in [3.8, 4) is 0 Å². The van der Waals surface area contributed by atoms with Crippen molar-refractivity contribution in [3.63, 3.8) is 0 Å². The van der Waals surface area contributed by atoms with Crippen LogP contribution in [0.2, 0.25) is 0 Å². The first kappa shape index (κ1) is 26.3. The summed E-state index contributed by atoms with van der Waals surface area (Å²) in [7, 11) is 0. The molecule has 1 fully saturated rings. The van der Waals surface area contributed by atoms with Crippen molar-refractivity contribution in [3.05, 3.63) is 161 Å². The molecule has 210 valence electrons. The van der Waals surface area contributed by atoms with Gasteiger partial charge in [0.1, 0.15) is 5.54 Å². The first-order chi connectivity index (χ1) is 20.7. The fourth-order valence-corrected chi connectivity index (χ4v) is 6.56. The molecule has 0 saturated carbocycles. The van der Waals surface area contributed by atoms with Crippen LogP contribution in [-0.4, -0.2) is 35.1 Å². The van der Waals surface area contributed by atoms with Crippen LogP contribution in [0.25, 0.3) is 16.2 Å². The molecule has 0 radical (unpaired) electrons. The van der Waals surface area contributed by atoms with Gasteiger partial charge in [0, 0.05) is 18.0 Å². The highest BCUT2D eigenvalue weighted by molar-refractivity contribution is 5.92. The summed E-state index contributed by atoms with van der Waals surface area (Å²) in [4.78, 5) is 2.28. The summed E-state index contributed by atoms with van der Waals surface area (Å²) in [6.45, 7) is 4.01. The van der Waals surface area contributed by atoms with Crippen LogP contribution in [0.5, 0.6) is 0 Å². The number of hydrogen-bond acceptors (Lipinski definition) is 5. The van der Waals surface area contributed by atoms with Crippen molar-refractivity contribution in [2.75, 3.05) is 13.1 Å². The van der Waals surface area contributed by atoms with Crippen molar-refractivity contribution in [1.82, 2.24) is 20.9 Å². The summed E-state index contributed by atoms with van der Waals surface area (Å²) in [5.74, 6) is 0.712. The Morgan fingerprint density at radius 3 is 1.98 bits per heavy atom. The summed E-state index contributed by atoms with van der Waals surface area (Å²) in [6, 6.07) is 47.4. The Bertz CT molecular complexity index is 1570. The normalized spacial score (nSPS) is 17.7. The third-order valence-corrected chi connectivity index (χ3v) is 8.57. The lowest BCUT2D eigenvalue weighted by Crippen LogP contribution is -2.48. The SMILES string of the molecule is C[C@@H](N[C@H]1CCN(C2=NN(C(c3ccccc3)(c3ccccc3)c3ccccc3)N[N-]2)C1)c1cccc2ccccc12. The van der Waals surface area contributed by atoms with Gasteiger partial charge in [0.25, 0.3) is 0 Å². The Hall–Kier alpha value is -4.65. The first-order valence-corrected chi connectivity index (χ1v) is 14.7. The zero-order valence-corrected chi connectivity index (χ0v) is 23.8. The molecule has 0 aromatic heterocycles. The zero-order chi connectivity index (χ0) is 28.4.